The number of nitrogen functional groups attached to an aromatic ring is 1. The highest BCUT2D eigenvalue weighted by molar-refractivity contribution is 9.10. The van der Waals surface area contributed by atoms with Gasteiger partial charge in [-0.05, 0) is 83.7 Å². The highest BCUT2D eigenvalue weighted by Gasteiger charge is 2.14. The summed E-state index contributed by atoms with van der Waals surface area (Å²) < 4.78 is 0.536. The van der Waals surface area contributed by atoms with Crippen LogP contribution in [-0.2, 0) is 0 Å². The minimum absolute atomic E-state index is 0.224. The maximum Gasteiger partial charge on any atom is 0.319 e. The first-order valence-corrected chi connectivity index (χ1v) is 11.6. The zero-order valence-electron chi connectivity index (χ0n) is 19.3. The van der Waals surface area contributed by atoms with E-state index in [1.165, 1.54) is 0 Å². The lowest BCUT2D eigenvalue weighted by atomic mass is 10.1. The molecule has 3 aromatic rings. The Balaban J connectivity index is 1.80. The third-order valence-corrected chi connectivity index (χ3v) is 5.78. The standard InChI is InChI=1S/C24H27BrN8O/c1-4-5-10-28-24(34)30-18-11-14(2)20(15(3)12-18)31-22-19(25)21(27)32-23(33-22)29-17-8-6-16(13-26)7-9-17/h6-9,11-12H,4-5,10H2,1-3H3,(H2,28,30,34)(H4,27,29,31,32,33). The molecule has 0 bridgehead atoms. The average molecular weight is 523 g/mol. The van der Waals surface area contributed by atoms with Gasteiger partial charge in [0.05, 0.1) is 11.6 Å². The number of aromatic nitrogens is 2. The number of benzene rings is 2. The number of carbonyl (C=O) groups excluding carboxylic acids is 1. The molecule has 0 unspecified atom stereocenters. The summed E-state index contributed by atoms with van der Waals surface area (Å²) in [5, 5.41) is 21.1. The lowest BCUT2D eigenvalue weighted by molar-refractivity contribution is 0.252. The lowest BCUT2D eigenvalue weighted by Gasteiger charge is -2.17. The van der Waals surface area contributed by atoms with Gasteiger partial charge in [0.2, 0.25) is 5.95 Å². The first-order chi connectivity index (χ1) is 16.3. The van der Waals surface area contributed by atoms with Crippen LogP contribution in [0.3, 0.4) is 0 Å². The van der Waals surface area contributed by atoms with Crippen molar-refractivity contribution in [1.82, 2.24) is 15.3 Å². The van der Waals surface area contributed by atoms with E-state index in [4.69, 9.17) is 11.0 Å². The number of nitrogens with zero attached hydrogens (tertiary/aromatic N) is 3. The molecule has 0 fully saturated rings. The number of nitriles is 1. The molecule has 34 heavy (non-hydrogen) atoms. The van der Waals surface area contributed by atoms with Crippen molar-refractivity contribution >= 4 is 56.6 Å². The second kappa shape index (κ2) is 11.3. The molecule has 3 rings (SSSR count). The number of hydrogen-bond donors (Lipinski definition) is 5. The van der Waals surface area contributed by atoms with Crippen molar-refractivity contribution in [3.05, 3.63) is 57.6 Å². The van der Waals surface area contributed by atoms with Crippen molar-refractivity contribution in [2.75, 3.05) is 28.2 Å². The Hall–Kier alpha value is -3.84. The van der Waals surface area contributed by atoms with Crippen LogP contribution in [0.2, 0.25) is 0 Å². The van der Waals surface area contributed by atoms with Crippen LogP contribution in [0.4, 0.5) is 39.4 Å². The van der Waals surface area contributed by atoms with E-state index in [0.29, 0.717) is 34.0 Å². The van der Waals surface area contributed by atoms with Gasteiger partial charge in [0.25, 0.3) is 0 Å². The summed E-state index contributed by atoms with van der Waals surface area (Å²) in [4.78, 5) is 20.9. The normalized spacial score (nSPS) is 10.3. The van der Waals surface area contributed by atoms with E-state index in [1.807, 2.05) is 26.0 Å². The second-order valence-electron chi connectivity index (χ2n) is 7.75. The summed E-state index contributed by atoms with van der Waals surface area (Å²) in [7, 11) is 0. The molecular formula is C24H27BrN8O. The van der Waals surface area contributed by atoms with Gasteiger partial charge in [0.15, 0.2) is 5.82 Å². The molecule has 0 saturated carbocycles. The molecule has 0 radical (unpaired) electrons. The molecule has 2 aromatic carbocycles. The molecule has 0 atom stereocenters. The third-order valence-electron chi connectivity index (χ3n) is 5.00. The zero-order chi connectivity index (χ0) is 24.7. The molecule has 9 nitrogen and oxygen atoms in total. The number of hydrogen-bond acceptors (Lipinski definition) is 7. The number of anilines is 6. The van der Waals surface area contributed by atoms with Crippen molar-refractivity contribution in [2.45, 2.75) is 33.6 Å². The Morgan fingerprint density at radius 3 is 2.38 bits per heavy atom. The van der Waals surface area contributed by atoms with E-state index in [2.05, 4.69) is 60.2 Å². The van der Waals surface area contributed by atoms with Crippen LogP contribution in [0, 0.1) is 25.2 Å². The van der Waals surface area contributed by atoms with Crippen LogP contribution in [-0.4, -0.2) is 22.5 Å². The van der Waals surface area contributed by atoms with Crippen LogP contribution >= 0.6 is 15.9 Å². The summed E-state index contributed by atoms with van der Waals surface area (Å²) in [6.45, 7) is 6.61. The molecule has 1 aromatic heterocycles. The molecule has 176 valence electrons. The maximum atomic E-state index is 12.1. The Bertz CT molecular complexity index is 1200. The molecule has 1 heterocycles. The number of nitrogens with one attached hydrogen (secondary N) is 4. The van der Waals surface area contributed by atoms with E-state index >= 15 is 0 Å². The van der Waals surface area contributed by atoms with Gasteiger partial charge in [-0.15, -0.1) is 0 Å². The number of urea groups is 1. The van der Waals surface area contributed by atoms with Gasteiger partial charge < -0.3 is 27.0 Å². The molecule has 0 spiro atoms. The summed E-state index contributed by atoms with van der Waals surface area (Å²) in [5.41, 5.74) is 10.8. The number of unbranched alkanes of at least 4 members (excludes halogenated alkanes) is 1. The van der Waals surface area contributed by atoms with Crippen molar-refractivity contribution in [2.24, 2.45) is 0 Å². The number of aryl methyl sites for hydroxylation is 2. The Morgan fingerprint density at radius 1 is 1.09 bits per heavy atom. The van der Waals surface area contributed by atoms with E-state index in [1.54, 1.807) is 24.3 Å². The Kier molecular flexibility index (Phi) is 8.27. The topological polar surface area (TPSA) is 141 Å². The molecule has 0 aliphatic carbocycles. The smallest absolute Gasteiger partial charge is 0.319 e. The summed E-state index contributed by atoms with van der Waals surface area (Å²) in [6, 6.07) is 12.6. The summed E-state index contributed by atoms with van der Waals surface area (Å²) in [5.74, 6) is 1.07. The van der Waals surface area contributed by atoms with Gasteiger partial charge >= 0.3 is 6.03 Å². The number of nitrogens with two attached hydrogens (primary N) is 1. The van der Waals surface area contributed by atoms with Crippen molar-refractivity contribution in [3.8, 4) is 6.07 Å². The fourth-order valence-electron chi connectivity index (χ4n) is 3.27. The van der Waals surface area contributed by atoms with Crippen molar-refractivity contribution in [3.63, 3.8) is 0 Å². The molecule has 2 amide bonds. The number of amides is 2. The van der Waals surface area contributed by atoms with E-state index in [0.717, 1.165) is 35.3 Å². The van der Waals surface area contributed by atoms with Crippen molar-refractivity contribution < 1.29 is 4.79 Å². The van der Waals surface area contributed by atoms with E-state index in [-0.39, 0.29) is 11.8 Å². The van der Waals surface area contributed by atoms with Gasteiger partial charge in [0.1, 0.15) is 10.3 Å². The minimum atomic E-state index is -0.224. The summed E-state index contributed by atoms with van der Waals surface area (Å²) >= 11 is 3.46. The highest BCUT2D eigenvalue weighted by atomic mass is 79.9. The minimum Gasteiger partial charge on any atom is -0.383 e. The highest BCUT2D eigenvalue weighted by Crippen LogP contribution is 2.33. The lowest BCUT2D eigenvalue weighted by Crippen LogP contribution is -2.29. The van der Waals surface area contributed by atoms with Crippen LogP contribution in [0.5, 0.6) is 0 Å². The largest absolute Gasteiger partial charge is 0.383 e. The zero-order valence-corrected chi connectivity index (χ0v) is 20.9. The average Bonchev–Trinajstić information content (AvgIpc) is 2.80. The van der Waals surface area contributed by atoms with Crippen LogP contribution in [0.25, 0.3) is 0 Å². The molecule has 0 saturated heterocycles. The molecule has 6 N–H and O–H groups in total. The number of rotatable bonds is 8. The summed E-state index contributed by atoms with van der Waals surface area (Å²) in [6.07, 6.45) is 1.96. The number of halogens is 1. The molecule has 0 aliphatic heterocycles. The van der Waals surface area contributed by atoms with Gasteiger partial charge in [-0.3, -0.25) is 0 Å². The number of carbonyl (C=O) groups is 1. The monoisotopic (exact) mass is 522 g/mol. The van der Waals surface area contributed by atoms with Crippen LogP contribution < -0.4 is 27.0 Å². The predicted molar refractivity (Wildman–Crippen MR) is 140 cm³/mol. The first-order valence-electron chi connectivity index (χ1n) is 10.8. The third kappa shape index (κ3) is 6.36. The second-order valence-corrected chi connectivity index (χ2v) is 8.55. The van der Waals surface area contributed by atoms with Crippen LogP contribution in [0.1, 0.15) is 36.5 Å². The SMILES string of the molecule is CCCCNC(=O)Nc1cc(C)c(Nc2nc(Nc3ccc(C#N)cc3)nc(N)c2Br)c(C)c1. The van der Waals surface area contributed by atoms with Gasteiger partial charge in [-0.1, -0.05) is 13.3 Å². The van der Waals surface area contributed by atoms with Gasteiger partial charge in [-0.25, -0.2) is 4.79 Å². The van der Waals surface area contributed by atoms with Gasteiger partial charge in [-0.2, -0.15) is 15.2 Å². The molecule has 0 aliphatic rings. The van der Waals surface area contributed by atoms with E-state index < -0.39 is 0 Å². The Labute approximate surface area is 207 Å². The van der Waals surface area contributed by atoms with E-state index in [9.17, 15) is 4.79 Å². The van der Waals surface area contributed by atoms with Gasteiger partial charge in [0, 0.05) is 23.6 Å². The molecular weight excluding hydrogens is 496 g/mol. The first kappa shape index (κ1) is 24.8. The van der Waals surface area contributed by atoms with Crippen LogP contribution in [0.15, 0.2) is 40.9 Å². The maximum absolute atomic E-state index is 12.1. The fraction of sp³-hybridized carbons (Fsp3) is 0.250. The molecule has 10 heteroatoms. The predicted octanol–water partition coefficient (Wildman–Crippen LogP) is 5.72. The Morgan fingerprint density at radius 2 is 1.76 bits per heavy atom. The van der Waals surface area contributed by atoms with Crippen molar-refractivity contribution in [1.29, 1.82) is 5.26 Å². The quantitative estimate of drug-likeness (QED) is 0.238. The fourth-order valence-corrected chi connectivity index (χ4v) is 3.54.